The van der Waals surface area contributed by atoms with Crippen LogP contribution in [-0.4, -0.2) is 69.8 Å². The van der Waals surface area contributed by atoms with Gasteiger partial charge in [0.25, 0.3) is 5.91 Å². The van der Waals surface area contributed by atoms with E-state index in [-0.39, 0.29) is 5.91 Å². The first kappa shape index (κ1) is 19.1. The maximum atomic E-state index is 13.0. The molecule has 0 spiro atoms. The van der Waals surface area contributed by atoms with Gasteiger partial charge in [-0.15, -0.1) is 0 Å². The molecule has 1 aromatic carbocycles. The molecule has 1 amide bonds. The number of benzene rings is 1. The van der Waals surface area contributed by atoms with E-state index in [2.05, 4.69) is 17.1 Å². The van der Waals surface area contributed by atoms with Crippen molar-refractivity contribution >= 4 is 5.91 Å². The number of hydrogen-bond acceptors (Lipinski definition) is 5. The molecule has 0 unspecified atom stereocenters. The Morgan fingerprint density at radius 3 is 2.14 bits per heavy atom. The predicted molar refractivity (Wildman–Crippen MR) is 107 cm³/mol. The maximum absolute atomic E-state index is 13.0. The van der Waals surface area contributed by atoms with Gasteiger partial charge in [0, 0.05) is 38.3 Å². The largest absolute Gasteiger partial charge is 0.493 e. The van der Waals surface area contributed by atoms with Crippen molar-refractivity contribution < 1.29 is 19.0 Å². The molecule has 152 valence electrons. The molecule has 1 aromatic rings. The lowest BCUT2D eigenvalue weighted by molar-refractivity contribution is 0.0609. The number of hydrogen-bond donors (Lipinski definition) is 0. The van der Waals surface area contributed by atoms with Crippen LogP contribution in [0.1, 0.15) is 23.2 Å². The number of allylic oxidation sites excluding steroid dienone is 2. The summed E-state index contributed by atoms with van der Waals surface area (Å²) in [5, 5.41) is 0. The Hall–Kier alpha value is -2.21. The quantitative estimate of drug-likeness (QED) is 0.704. The number of ether oxygens (including phenoxy) is 3. The summed E-state index contributed by atoms with van der Waals surface area (Å²) < 4.78 is 16.1. The summed E-state index contributed by atoms with van der Waals surface area (Å²) >= 11 is 0. The van der Waals surface area contributed by atoms with Crippen molar-refractivity contribution in [2.75, 3.05) is 54.1 Å². The third-order valence-corrected chi connectivity index (χ3v) is 6.48. The molecule has 0 radical (unpaired) electrons. The first-order valence-electron chi connectivity index (χ1n) is 10.1. The molecule has 1 saturated carbocycles. The summed E-state index contributed by atoms with van der Waals surface area (Å²) in [7, 11) is 4.69. The third-order valence-electron chi connectivity index (χ3n) is 6.48. The van der Waals surface area contributed by atoms with E-state index in [9.17, 15) is 4.79 Å². The van der Waals surface area contributed by atoms with E-state index in [1.54, 1.807) is 33.5 Å². The summed E-state index contributed by atoms with van der Waals surface area (Å²) in [5.41, 5.74) is 0.571. The van der Waals surface area contributed by atoms with Gasteiger partial charge in [-0.2, -0.15) is 0 Å². The van der Waals surface area contributed by atoms with Crippen LogP contribution in [0, 0.1) is 17.8 Å². The Labute approximate surface area is 167 Å². The second kappa shape index (κ2) is 8.03. The van der Waals surface area contributed by atoms with E-state index in [1.807, 2.05) is 4.90 Å². The molecule has 2 bridgehead atoms. The average molecular weight is 386 g/mol. The number of nitrogens with zero attached hydrogens (tertiary/aromatic N) is 2. The van der Waals surface area contributed by atoms with E-state index in [4.69, 9.17) is 14.2 Å². The highest BCUT2D eigenvalue weighted by molar-refractivity contribution is 5.95. The minimum Gasteiger partial charge on any atom is -0.493 e. The van der Waals surface area contributed by atoms with Gasteiger partial charge in [0.2, 0.25) is 5.75 Å². The van der Waals surface area contributed by atoms with Crippen LogP contribution in [-0.2, 0) is 0 Å². The highest BCUT2D eigenvalue weighted by Gasteiger charge is 2.37. The van der Waals surface area contributed by atoms with E-state index < -0.39 is 0 Å². The summed E-state index contributed by atoms with van der Waals surface area (Å²) in [6, 6.07) is 3.47. The van der Waals surface area contributed by atoms with Gasteiger partial charge in [0.05, 0.1) is 21.3 Å². The van der Waals surface area contributed by atoms with Gasteiger partial charge < -0.3 is 19.1 Å². The zero-order valence-electron chi connectivity index (χ0n) is 17.0. The summed E-state index contributed by atoms with van der Waals surface area (Å²) in [6.07, 6.45) is 7.51. The summed E-state index contributed by atoms with van der Waals surface area (Å²) in [4.78, 5) is 17.5. The number of methoxy groups -OCH3 is 3. The highest BCUT2D eigenvalue weighted by Crippen LogP contribution is 2.43. The predicted octanol–water partition coefficient (Wildman–Crippen LogP) is 2.68. The van der Waals surface area contributed by atoms with Gasteiger partial charge >= 0.3 is 0 Å². The SMILES string of the molecule is COc1cc(C(=O)N2CCN(C[C@H]3C[C@H]4C=C[C@@H]3C4)CC2)cc(OC)c1OC. The van der Waals surface area contributed by atoms with Crippen molar-refractivity contribution in [3.05, 3.63) is 29.8 Å². The molecule has 1 saturated heterocycles. The van der Waals surface area contributed by atoms with Gasteiger partial charge in [-0.3, -0.25) is 9.69 Å². The van der Waals surface area contributed by atoms with Crippen LogP contribution in [0.4, 0.5) is 0 Å². The van der Waals surface area contributed by atoms with Gasteiger partial charge in [0.1, 0.15) is 0 Å². The Morgan fingerprint density at radius 2 is 1.64 bits per heavy atom. The number of amides is 1. The van der Waals surface area contributed by atoms with E-state index >= 15 is 0 Å². The minimum absolute atomic E-state index is 0.0155. The van der Waals surface area contributed by atoms with E-state index in [0.29, 0.717) is 22.8 Å². The van der Waals surface area contributed by atoms with Crippen molar-refractivity contribution in [2.45, 2.75) is 12.8 Å². The Morgan fingerprint density at radius 1 is 0.964 bits per heavy atom. The first-order chi connectivity index (χ1) is 13.6. The van der Waals surface area contributed by atoms with Crippen molar-refractivity contribution in [2.24, 2.45) is 17.8 Å². The molecule has 6 nitrogen and oxygen atoms in total. The lowest BCUT2D eigenvalue weighted by Gasteiger charge is -2.37. The second-order valence-electron chi connectivity index (χ2n) is 8.05. The van der Waals surface area contributed by atoms with Crippen LogP contribution in [0.25, 0.3) is 0 Å². The number of rotatable bonds is 6. The third kappa shape index (κ3) is 3.58. The molecule has 2 aliphatic carbocycles. The standard InChI is InChI=1S/C22H30N2O4/c1-26-19-12-17(13-20(27-2)21(19)28-3)22(25)24-8-6-23(7-9-24)14-18-11-15-4-5-16(18)10-15/h4-5,12-13,15-16,18H,6-11,14H2,1-3H3/t15-,16+,18+/m0/s1. The smallest absolute Gasteiger partial charge is 0.254 e. The highest BCUT2D eigenvalue weighted by atomic mass is 16.5. The molecule has 1 heterocycles. The molecular formula is C22H30N2O4. The van der Waals surface area contributed by atoms with Crippen LogP contribution < -0.4 is 14.2 Å². The average Bonchev–Trinajstić information content (AvgIpc) is 3.36. The lowest BCUT2D eigenvalue weighted by atomic mass is 9.93. The molecule has 6 heteroatoms. The fraction of sp³-hybridized carbons (Fsp3) is 0.591. The van der Waals surface area contributed by atoms with Crippen molar-refractivity contribution in [3.8, 4) is 17.2 Å². The molecule has 0 N–H and O–H groups in total. The first-order valence-corrected chi connectivity index (χ1v) is 10.1. The van der Waals surface area contributed by atoms with Crippen molar-refractivity contribution in [1.82, 2.24) is 9.80 Å². The van der Waals surface area contributed by atoms with Gasteiger partial charge in [-0.25, -0.2) is 0 Å². The van der Waals surface area contributed by atoms with Gasteiger partial charge in [-0.1, -0.05) is 12.2 Å². The zero-order valence-corrected chi connectivity index (χ0v) is 17.0. The molecule has 4 rings (SSSR count). The Kier molecular flexibility index (Phi) is 5.49. The molecule has 1 aliphatic heterocycles. The van der Waals surface area contributed by atoms with Crippen LogP contribution in [0.2, 0.25) is 0 Å². The summed E-state index contributed by atoms with van der Waals surface area (Å²) in [5.74, 6) is 3.93. The van der Waals surface area contributed by atoms with E-state index in [0.717, 1.165) is 50.5 Å². The fourth-order valence-electron chi connectivity index (χ4n) is 4.96. The van der Waals surface area contributed by atoms with Crippen molar-refractivity contribution in [3.63, 3.8) is 0 Å². The molecule has 2 fully saturated rings. The van der Waals surface area contributed by atoms with Crippen LogP contribution in [0.15, 0.2) is 24.3 Å². The summed E-state index contributed by atoms with van der Waals surface area (Å²) in [6.45, 7) is 4.55. The van der Waals surface area contributed by atoms with Crippen LogP contribution in [0.5, 0.6) is 17.2 Å². The number of piperazine rings is 1. The maximum Gasteiger partial charge on any atom is 0.254 e. The fourth-order valence-corrected chi connectivity index (χ4v) is 4.96. The van der Waals surface area contributed by atoms with Gasteiger partial charge in [0.15, 0.2) is 11.5 Å². The molecule has 0 aromatic heterocycles. The van der Waals surface area contributed by atoms with Crippen LogP contribution in [0.3, 0.4) is 0 Å². The topological polar surface area (TPSA) is 51.2 Å². The number of carbonyl (C=O) groups excluding carboxylic acids is 1. The number of fused-ring (bicyclic) bond motifs is 2. The monoisotopic (exact) mass is 386 g/mol. The molecule has 28 heavy (non-hydrogen) atoms. The zero-order chi connectivity index (χ0) is 19.7. The Bertz CT molecular complexity index is 730. The van der Waals surface area contributed by atoms with Crippen molar-refractivity contribution in [1.29, 1.82) is 0 Å². The minimum atomic E-state index is 0.0155. The molecule has 3 atom stereocenters. The Balaban J connectivity index is 1.38. The van der Waals surface area contributed by atoms with E-state index in [1.165, 1.54) is 12.8 Å². The second-order valence-corrected chi connectivity index (χ2v) is 8.05. The van der Waals surface area contributed by atoms with Crippen LogP contribution >= 0.6 is 0 Å². The normalized spacial score (nSPS) is 26.5. The molecular weight excluding hydrogens is 356 g/mol. The van der Waals surface area contributed by atoms with Gasteiger partial charge in [-0.05, 0) is 42.7 Å². The number of carbonyl (C=O) groups is 1. The lowest BCUT2D eigenvalue weighted by Crippen LogP contribution is -2.50. The molecule has 3 aliphatic rings.